The van der Waals surface area contributed by atoms with Crippen LogP contribution in [0.3, 0.4) is 0 Å². The maximum atomic E-state index is 13.3. The van der Waals surface area contributed by atoms with E-state index in [1.807, 2.05) is 29.8 Å². The molecule has 4 rings (SSSR count). The Morgan fingerprint density at radius 3 is 2.61 bits per heavy atom. The largest absolute Gasteiger partial charge is 0.497 e. The third-order valence-corrected chi connectivity index (χ3v) is 6.29. The van der Waals surface area contributed by atoms with E-state index in [4.69, 9.17) is 4.74 Å². The van der Waals surface area contributed by atoms with Gasteiger partial charge in [0.05, 0.1) is 18.3 Å². The molecule has 1 aliphatic carbocycles. The van der Waals surface area contributed by atoms with Crippen molar-refractivity contribution in [3.63, 3.8) is 0 Å². The van der Waals surface area contributed by atoms with Gasteiger partial charge in [0.25, 0.3) is 5.91 Å². The predicted octanol–water partition coefficient (Wildman–Crippen LogP) is 3.62. The molecule has 1 aliphatic heterocycles. The minimum Gasteiger partial charge on any atom is -0.497 e. The number of carbonyl (C=O) groups excluding carboxylic acids is 2. The monoisotopic (exact) mass is 383 g/mol. The molecule has 0 spiro atoms. The van der Waals surface area contributed by atoms with E-state index < -0.39 is 0 Å². The second kappa shape index (κ2) is 7.49. The SMILES string of the molecule is COc1ccc2c(c1)c(N1CCCC1=O)c(C(=O)NC1CCC(C)CC1)n2C. The first-order valence-corrected chi connectivity index (χ1v) is 10.3. The zero-order chi connectivity index (χ0) is 19.8. The predicted molar refractivity (Wildman–Crippen MR) is 110 cm³/mol. The molecule has 2 aliphatic rings. The van der Waals surface area contributed by atoms with Gasteiger partial charge in [-0.15, -0.1) is 0 Å². The molecule has 6 heteroatoms. The Bertz CT molecular complexity index is 909. The van der Waals surface area contributed by atoms with Crippen LogP contribution in [-0.2, 0) is 11.8 Å². The van der Waals surface area contributed by atoms with E-state index in [9.17, 15) is 9.59 Å². The first kappa shape index (κ1) is 18.8. The fraction of sp³-hybridized carbons (Fsp3) is 0.545. The maximum absolute atomic E-state index is 13.3. The van der Waals surface area contributed by atoms with Gasteiger partial charge in [-0.05, 0) is 56.2 Å². The first-order valence-electron chi connectivity index (χ1n) is 10.3. The molecule has 1 saturated carbocycles. The van der Waals surface area contributed by atoms with E-state index in [0.29, 0.717) is 18.7 Å². The zero-order valence-corrected chi connectivity index (χ0v) is 17.0. The fourth-order valence-corrected chi connectivity index (χ4v) is 4.61. The fourth-order valence-electron chi connectivity index (χ4n) is 4.61. The molecule has 0 atom stereocenters. The number of fused-ring (bicyclic) bond motifs is 1. The van der Waals surface area contributed by atoms with Gasteiger partial charge in [0, 0.05) is 31.4 Å². The van der Waals surface area contributed by atoms with Crippen molar-refractivity contribution in [3.8, 4) is 5.75 Å². The molecule has 0 radical (unpaired) electrons. The molecule has 0 unspecified atom stereocenters. The van der Waals surface area contributed by atoms with Crippen molar-refractivity contribution in [1.82, 2.24) is 9.88 Å². The lowest BCUT2D eigenvalue weighted by molar-refractivity contribution is -0.117. The standard InChI is InChI=1S/C22H29N3O3/c1-14-6-8-15(9-7-14)23-22(27)21-20(25-12-4-5-19(25)26)17-13-16(28-3)10-11-18(17)24(21)2/h10-11,13-15H,4-9,12H2,1-3H3,(H,23,27). The minimum absolute atomic E-state index is 0.0795. The van der Waals surface area contributed by atoms with Crippen molar-refractivity contribution in [2.75, 3.05) is 18.6 Å². The van der Waals surface area contributed by atoms with Gasteiger partial charge in [-0.25, -0.2) is 0 Å². The number of aromatic nitrogens is 1. The number of anilines is 1. The smallest absolute Gasteiger partial charge is 0.270 e. The molecular weight excluding hydrogens is 354 g/mol. The van der Waals surface area contributed by atoms with Crippen LogP contribution in [0.4, 0.5) is 5.69 Å². The summed E-state index contributed by atoms with van der Waals surface area (Å²) in [6, 6.07) is 5.98. The van der Waals surface area contributed by atoms with Gasteiger partial charge in [-0.3, -0.25) is 9.59 Å². The van der Waals surface area contributed by atoms with Crippen LogP contribution >= 0.6 is 0 Å². The quantitative estimate of drug-likeness (QED) is 0.877. The van der Waals surface area contributed by atoms with Crippen molar-refractivity contribution >= 4 is 28.4 Å². The van der Waals surface area contributed by atoms with Gasteiger partial charge >= 0.3 is 0 Å². The highest BCUT2D eigenvalue weighted by Gasteiger charge is 2.32. The summed E-state index contributed by atoms with van der Waals surface area (Å²) in [5.41, 5.74) is 2.22. The van der Waals surface area contributed by atoms with Crippen LogP contribution in [0.15, 0.2) is 18.2 Å². The molecule has 1 N–H and O–H groups in total. The number of nitrogens with one attached hydrogen (secondary N) is 1. The molecular formula is C22H29N3O3. The van der Waals surface area contributed by atoms with E-state index in [0.717, 1.165) is 60.4 Å². The van der Waals surface area contributed by atoms with Gasteiger partial charge in [0.1, 0.15) is 11.4 Å². The molecule has 2 aromatic rings. The number of hydrogen-bond acceptors (Lipinski definition) is 3. The Balaban J connectivity index is 1.76. The molecule has 2 amide bonds. The summed E-state index contributed by atoms with van der Waals surface area (Å²) >= 11 is 0. The summed E-state index contributed by atoms with van der Waals surface area (Å²) in [7, 11) is 3.53. The summed E-state index contributed by atoms with van der Waals surface area (Å²) in [5.74, 6) is 1.44. The Kier molecular flexibility index (Phi) is 5.04. The van der Waals surface area contributed by atoms with E-state index in [1.54, 1.807) is 12.0 Å². The Labute approximate surface area is 165 Å². The van der Waals surface area contributed by atoms with Crippen molar-refractivity contribution in [3.05, 3.63) is 23.9 Å². The van der Waals surface area contributed by atoms with E-state index >= 15 is 0 Å². The number of rotatable bonds is 4. The van der Waals surface area contributed by atoms with Crippen LogP contribution in [0.5, 0.6) is 5.75 Å². The van der Waals surface area contributed by atoms with Crippen molar-refractivity contribution in [1.29, 1.82) is 0 Å². The van der Waals surface area contributed by atoms with Crippen LogP contribution in [0, 0.1) is 5.92 Å². The highest BCUT2D eigenvalue weighted by atomic mass is 16.5. The lowest BCUT2D eigenvalue weighted by Crippen LogP contribution is -2.39. The van der Waals surface area contributed by atoms with Crippen LogP contribution in [0.2, 0.25) is 0 Å². The van der Waals surface area contributed by atoms with Gasteiger partial charge in [-0.1, -0.05) is 6.92 Å². The molecule has 28 heavy (non-hydrogen) atoms. The summed E-state index contributed by atoms with van der Waals surface area (Å²) in [4.78, 5) is 27.6. The van der Waals surface area contributed by atoms with Gasteiger partial charge in [0.2, 0.25) is 5.91 Å². The molecule has 0 bridgehead atoms. The third-order valence-electron chi connectivity index (χ3n) is 6.29. The number of methoxy groups -OCH3 is 1. The van der Waals surface area contributed by atoms with Crippen LogP contribution in [0.25, 0.3) is 10.9 Å². The first-order chi connectivity index (χ1) is 13.5. The molecule has 150 valence electrons. The van der Waals surface area contributed by atoms with Gasteiger partial charge < -0.3 is 19.5 Å². The Hall–Kier alpha value is -2.50. The number of benzene rings is 1. The minimum atomic E-state index is -0.0908. The van der Waals surface area contributed by atoms with E-state index in [2.05, 4.69) is 12.2 Å². The summed E-state index contributed by atoms with van der Waals surface area (Å²) in [6.07, 6.45) is 5.68. The second-order valence-corrected chi connectivity index (χ2v) is 8.22. The molecule has 2 heterocycles. The normalized spacial score (nSPS) is 22.7. The van der Waals surface area contributed by atoms with Crippen LogP contribution < -0.4 is 15.0 Å². The highest BCUT2D eigenvalue weighted by molar-refractivity contribution is 6.14. The molecule has 1 saturated heterocycles. The number of amides is 2. The number of nitrogens with zero attached hydrogens (tertiary/aromatic N) is 2. The average Bonchev–Trinajstić information content (AvgIpc) is 3.23. The lowest BCUT2D eigenvalue weighted by Gasteiger charge is -2.27. The van der Waals surface area contributed by atoms with E-state index in [1.165, 1.54) is 0 Å². The van der Waals surface area contributed by atoms with Crippen molar-refractivity contribution in [2.24, 2.45) is 13.0 Å². The third kappa shape index (κ3) is 3.25. The Morgan fingerprint density at radius 1 is 1.21 bits per heavy atom. The lowest BCUT2D eigenvalue weighted by atomic mass is 9.87. The zero-order valence-electron chi connectivity index (χ0n) is 17.0. The molecule has 6 nitrogen and oxygen atoms in total. The second-order valence-electron chi connectivity index (χ2n) is 8.22. The average molecular weight is 383 g/mol. The molecule has 2 fully saturated rings. The summed E-state index contributed by atoms with van der Waals surface area (Å²) in [5, 5.41) is 4.12. The van der Waals surface area contributed by atoms with Crippen molar-refractivity contribution < 1.29 is 14.3 Å². The molecule has 1 aromatic heterocycles. The number of hydrogen-bond donors (Lipinski definition) is 1. The number of aryl methyl sites for hydroxylation is 1. The number of ether oxygens (including phenoxy) is 1. The topological polar surface area (TPSA) is 63.6 Å². The summed E-state index contributed by atoms with van der Waals surface area (Å²) < 4.78 is 7.31. The van der Waals surface area contributed by atoms with Gasteiger partial charge in [0.15, 0.2) is 0 Å². The Morgan fingerprint density at radius 2 is 1.96 bits per heavy atom. The molecule has 1 aromatic carbocycles. The van der Waals surface area contributed by atoms with Crippen LogP contribution in [-0.4, -0.2) is 36.1 Å². The number of carbonyl (C=O) groups is 2. The van der Waals surface area contributed by atoms with Gasteiger partial charge in [-0.2, -0.15) is 0 Å². The maximum Gasteiger partial charge on any atom is 0.270 e. The van der Waals surface area contributed by atoms with Crippen molar-refractivity contribution in [2.45, 2.75) is 51.5 Å². The van der Waals surface area contributed by atoms with E-state index in [-0.39, 0.29) is 17.9 Å². The van der Waals surface area contributed by atoms with Crippen LogP contribution in [0.1, 0.15) is 55.9 Å². The highest BCUT2D eigenvalue weighted by Crippen LogP contribution is 2.38. The summed E-state index contributed by atoms with van der Waals surface area (Å²) in [6.45, 7) is 2.92.